The van der Waals surface area contributed by atoms with Crippen molar-refractivity contribution < 1.29 is 0 Å². The molecular weight excluding hydrogens is 876 g/mol. The second-order valence-electron chi connectivity index (χ2n) is 23.4. The summed E-state index contributed by atoms with van der Waals surface area (Å²) < 4.78 is 2.77. The van der Waals surface area contributed by atoms with Crippen LogP contribution in [-0.2, 0) is 21.7 Å². The summed E-state index contributed by atoms with van der Waals surface area (Å²) in [5.41, 5.74) is 25.0. The van der Waals surface area contributed by atoms with Crippen LogP contribution in [0.2, 0.25) is 0 Å². The SMILES string of the molecule is CC(C)(C)c1ccc(N2c3cc4ccccc4c4c3B(c3sc5cc6c(cc5c32)C(C)(C)CCC6(C)C)N2c3ccccc3C3(c5ccccc5-c5ccccc53)c3cccc-4c32)c(-c2ccccc2)c1. The van der Waals surface area contributed by atoms with Crippen LogP contribution in [0.5, 0.6) is 0 Å². The fraction of sp³-hybridized carbons (Fsp3) is 0.194. The Morgan fingerprint density at radius 3 is 1.83 bits per heavy atom. The van der Waals surface area contributed by atoms with Crippen molar-refractivity contribution in [1.29, 1.82) is 0 Å². The molecule has 0 fully saturated rings. The van der Waals surface area contributed by atoms with E-state index in [0.717, 1.165) is 0 Å². The lowest BCUT2D eigenvalue weighted by Gasteiger charge is -2.52. The zero-order valence-corrected chi connectivity index (χ0v) is 42.4. The molecule has 0 N–H and O–H groups in total. The van der Waals surface area contributed by atoms with Crippen molar-refractivity contribution >= 4 is 77.7 Å². The summed E-state index contributed by atoms with van der Waals surface area (Å²) in [5.74, 6) is 0. The van der Waals surface area contributed by atoms with Crippen molar-refractivity contribution in [3.05, 3.63) is 221 Å². The van der Waals surface area contributed by atoms with Gasteiger partial charge < -0.3 is 9.71 Å². The molecule has 2 nitrogen and oxygen atoms in total. The molecule has 0 saturated heterocycles. The molecule has 0 saturated carbocycles. The highest BCUT2D eigenvalue weighted by Crippen LogP contribution is 2.66. The Kier molecular flexibility index (Phi) is 8.24. The van der Waals surface area contributed by atoms with Crippen molar-refractivity contribution in [2.45, 2.75) is 83.0 Å². The third-order valence-corrected chi connectivity index (χ3v) is 18.8. The summed E-state index contributed by atoms with van der Waals surface area (Å²) in [5, 5.41) is 3.92. The minimum absolute atomic E-state index is 0.0321. The van der Waals surface area contributed by atoms with E-state index in [2.05, 4.69) is 240 Å². The van der Waals surface area contributed by atoms with Crippen LogP contribution < -0.4 is 20.0 Å². The molecule has 342 valence electrons. The molecule has 3 aliphatic heterocycles. The summed E-state index contributed by atoms with van der Waals surface area (Å²) in [6.45, 7) is 16.8. The fourth-order valence-electron chi connectivity index (χ4n) is 14.1. The van der Waals surface area contributed by atoms with Crippen molar-refractivity contribution in [2.75, 3.05) is 9.71 Å². The van der Waals surface area contributed by atoms with E-state index < -0.39 is 5.41 Å². The molecule has 0 amide bonds. The molecule has 1 spiro atoms. The van der Waals surface area contributed by atoms with Crippen molar-refractivity contribution in [1.82, 2.24) is 0 Å². The lowest BCUT2D eigenvalue weighted by atomic mass is 9.44. The zero-order chi connectivity index (χ0) is 47.9. The predicted molar refractivity (Wildman–Crippen MR) is 303 cm³/mol. The third-order valence-electron chi connectivity index (χ3n) is 17.6. The molecular formula is C67H55BN2S. The Morgan fingerprint density at radius 1 is 0.479 bits per heavy atom. The topological polar surface area (TPSA) is 6.48 Å². The highest BCUT2D eigenvalue weighted by molar-refractivity contribution is 7.32. The van der Waals surface area contributed by atoms with Crippen LogP contribution in [0.3, 0.4) is 0 Å². The van der Waals surface area contributed by atoms with E-state index in [1.807, 2.05) is 11.3 Å². The molecule has 0 radical (unpaired) electrons. The lowest BCUT2D eigenvalue weighted by Crippen LogP contribution is -2.62. The van der Waals surface area contributed by atoms with Crippen LogP contribution in [0.15, 0.2) is 182 Å². The van der Waals surface area contributed by atoms with Crippen molar-refractivity contribution in [3.8, 4) is 33.4 Å². The van der Waals surface area contributed by atoms with Gasteiger partial charge in [0.05, 0.1) is 16.8 Å². The van der Waals surface area contributed by atoms with Crippen LogP contribution in [0.4, 0.5) is 28.4 Å². The first-order valence-corrected chi connectivity index (χ1v) is 26.6. The maximum atomic E-state index is 2.82. The molecule has 0 unspecified atom stereocenters. The molecule has 10 aromatic rings. The Bertz CT molecular complexity index is 3910. The Balaban J connectivity index is 1.13. The van der Waals surface area contributed by atoms with Gasteiger partial charge in [-0.05, 0) is 143 Å². The monoisotopic (exact) mass is 930 g/mol. The molecule has 71 heavy (non-hydrogen) atoms. The van der Waals surface area contributed by atoms with Gasteiger partial charge in [0.1, 0.15) is 0 Å². The van der Waals surface area contributed by atoms with Gasteiger partial charge >= 0.3 is 6.85 Å². The van der Waals surface area contributed by atoms with E-state index in [1.165, 1.54) is 145 Å². The van der Waals surface area contributed by atoms with Crippen molar-refractivity contribution in [3.63, 3.8) is 0 Å². The minimum Gasteiger partial charge on any atom is -0.375 e. The van der Waals surface area contributed by atoms with E-state index in [4.69, 9.17) is 0 Å². The quantitative estimate of drug-likeness (QED) is 0.159. The van der Waals surface area contributed by atoms with Crippen molar-refractivity contribution in [2.24, 2.45) is 0 Å². The van der Waals surface area contributed by atoms with Gasteiger partial charge in [0.15, 0.2) is 0 Å². The van der Waals surface area contributed by atoms with Gasteiger partial charge in [0.25, 0.3) is 0 Å². The molecule has 0 bridgehead atoms. The first kappa shape index (κ1) is 41.6. The first-order chi connectivity index (χ1) is 34.4. The largest absolute Gasteiger partial charge is 0.375 e. The average Bonchev–Trinajstić information content (AvgIpc) is 3.91. The highest BCUT2D eigenvalue weighted by Gasteiger charge is 2.57. The van der Waals surface area contributed by atoms with Crippen LogP contribution in [0.25, 0.3) is 54.2 Å². The van der Waals surface area contributed by atoms with Gasteiger partial charge in [0, 0.05) is 43.1 Å². The average molecular weight is 931 g/mol. The maximum Gasteiger partial charge on any atom is 0.343 e. The number of hydrogen-bond donors (Lipinski definition) is 0. The summed E-state index contributed by atoms with van der Waals surface area (Å²) >= 11 is 2.04. The summed E-state index contributed by atoms with van der Waals surface area (Å²) in [4.78, 5) is 5.54. The molecule has 2 aliphatic carbocycles. The third kappa shape index (κ3) is 5.34. The number of anilines is 5. The molecule has 4 heterocycles. The number of para-hydroxylation sites is 2. The van der Waals surface area contributed by atoms with E-state index in [-0.39, 0.29) is 23.1 Å². The molecule has 4 heteroatoms. The molecule has 5 aliphatic rings. The molecule has 9 aromatic carbocycles. The van der Waals surface area contributed by atoms with Gasteiger partial charge in [-0.1, -0.05) is 194 Å². The van der Waals surface area contributed by atoms with Gasteiger partial charge in [-0.15, -0.1) is 11.3 Å². The molecule has 0 atom stereocenters. The number of fused-ring (bicyclic) bond motifs is 18. The van der Waals surface area contributed by atoms with Crippen LogP contribution >= 0.6 is 11.3 Å². The highest BCUT2D eigenvalue weighted by atomic mass is 32.1. The normalized spacial score (nSPS) is 16.8. The van der Waals surface area contributed by atoms with Gasteiger partial charge in [0.2, 0.25) is 0 Å². The van der Waals surface area contributed by atoms with Gasteiger partial charge in [-0.3, -0.25) is 0 Å². The van der Waals surface area contributed by atoms with Gasteiger partial charge in [-0.2, -0.15) is 0 Å². The van der Waals surface area contributed by atoms with E-state index >= 15 is 0 Å². The van der Waals surface area contributed by atoms with Crippen LogP contribution in [0.1, 0.15) is 100 Å². The van der Waals surface area contributed by atoms with E-state index in [0.29, 0.717) is 0 Å². The Labute approximate surface area is 422 Å². The lowest BCUT2D eigenvalue weighted by molar-refractivity contribution is 0.332. The number of thiophene rings is 1. The second-order valence-corrected chi connectivity index (χ2v) is 24.5. The number of benzene rings is 9. The second kappa shape index (κ2) is 14.0. The maximum absolute atomic E-state index is 2.82. The van der Waals surface area contributed by atoms with E-state index in [9.17, 15) is 0 Å². The zero-order valence-electron chi connectivity index (χ0n) is 41.6. The standard InChI is InChI=1S/C67H55BN2S/c1-64(2,3)42-32-33-55(47(37-42)40-20-9-8-10-21-40)69-57-36-41-22-11-12-23-43(41)59-46-26-19-30-52-61(46)70(56-31-18-17-29-51(56)67(52)49-27-15-13-24-44(49)45-25-14-16-28-50(45)67)68(60(57)59)63-62(69)48-38-53-54(39-58(48)71-63)66(6,7)35-34-65(53,4)5/h8-33,36-39H,34-35H2,1-7H3. The summed E-state index contributed by atoms with van der Waals surface area (Å²) in [6, 6.07) is 70.7. The van der Waals surface area contributed by atoms with Gasteiger partial charge in [-0.25, -0.2) is 0 Å². The fourth-order valence-corrected chi connectivity index (χ4v) is 15.4. The summed E-state index contributed by atoms with van der Waals surface area (Å²) in [6.07, 6.45) is 2.35. The minimum atomic E-state index is -0.504. The molecule has 1 aromatic heterocycles. The van der Waals surface area contributed by atoms with E-state index in [1.54, 1.807) is 0 Å². The first-order valence-electron chi connectivity index (χ1n) is 25.8. The Hall–Kier alpha value is -7.14. The number of hydrogen-bond acceptors (Lipinski definition) is 3. The summed E-state index contributed by atoms with van der Waals surface area (Å²) in [7, 11) is 0. The smallest absolute Gasteiger partial charge is 0.343 e. The number of nitrogens with zero attached hydrogens (tertiary/aromatic N) is 2. The predicted octanol–water partition coefficient (Wildman–Crippen LogP) is 16.8. The Morgan fingerprint density at radius 2 is 1.10 bits per heavy atom. The van der Waals surface area contributed by atoms with Crippen LogP contribution in [-0.4, -0.2) is 6.85 Å². The molecule has 15 rings (SSSR count). The number of rotatable bonds is 2. The van der Waals surface area contributed by atoms with Crippen LogP contribution in [0, 0.1) is 0 Å².